The number of carbonyl (C=O) groups is 2. The maximum absolute atomic E-state index is 13.7. The smallest absolute Gasteiger partial charge is 0.301 e. The van der Waals surface area contributed by atoms with E-state index >= 15 is 0 Å². The fraction of sp³-hybridized carbons (Fsp3) is 0.281. The van der Waals surface area contributed by atoms with Gasteiger partial charge in [0.1, 0.15) is 29.1 Å². The van der Waals surface area contributed by atoms with E-state index in [-0.39, 0.29) is 17.4 Å². The van der Waals surface area contributed by atoms with E-state index in [4.69, 9.17) is 19.2 Å². The van der Waals surface area contributed by atoms with E-state index in [1.165, 1.54) is 16.2 Å². The summed E-state index contributed by atoms with van der Waals surface area (Å²) < 4.78 is 17.9. The second-order valence-electron chi connectivity index (χ2n) is 10.2. The Morgan fingerprint density at radius 3 is 2.78 bits per heavy atom. The number of fused-ring (bicyclic) bond motifs is 2. The normalized spacial score (nSPS) is 19.4. The molecule has 1 fully saturated rings. The zero-order chi connectivity index (χ0) is 28.7. The predicted octanol–water partition coefficient (Wildman–Crippen LogP) is 6.43. The topological polar surface area (TPSA) is 98.2 Å². The average Bonchev–Trinajstić information content (AvgIpc) is 3.64. The lowest BCUT2D eigenvalue weighted by molar-refractivity contribution is -0.132. The highest BCUT2D eigenvalue weighted by Gasteiger charge is 2.48. The number of carbonyl (C=O) groups excluding carboxylic acids is 2. The van der Waals surface area contributed by atoms with Crippen molar-refractivity contribution in [3.05, 3.63) is 82.9 Å². The Morgan fingerprint density at radius 2 is 1.98 bits per heavy atom. The number of ketones is 1. The maximum atomic E-state index is 13.7. The molecule has 6 rings (SSSR count). The third-order valence-electron chi connectivity index (χ3n) is 7.34. The van der Waals surface area contributed by atoms with E-state index in [0.29, 0.717) is 46.3 Å². The summed E-state index contributed by atoms with van der Waals surface area (Å²) in [4.78, 5) is 33.4. The van der Waals surface area contributed by atoms with Crippen LogP contribution in [0.25, 0.3) is 16.0 Å². The van der Waals surface area contributed by atoms with Crippen LogP contribution in [0.4, 0.5) is 5.13 Å². The van der Waals surface area contributed by atoms with E-state index < -0.39 is 17.7 Å². The maximum Gasteiger partial charge on any atom is 0.301 e. The zero-order valence-electron chi connectivity index (χ0n) is 23.0. The van der Waals surface area contributed by atoms with Gasteiger partial charge in [-0.15, -0.1) is 0 Å². The van der Waals surface area contributed by atoms with E-state index in [9.17, 15) is 14.7 Å². The third kappa shape index (κ3) is 4.91. The molecule has 0 bridgehead atoms. The van der Waals surface area contributed by atoms with Crippen LogP contribution in [0.15, 0.2) is 66.2 Å². The summed E-state index contributed by atoms with van der Waals surface area (Å²) in [5.41, 5.74) is 2.71. The van der Waals surface area contributed by atoms with Crippen molar-refractivity contribution < 1.29 is 28.9 Å². The lowest BCUT2D eigenvalue weighted by Gasteiger charge is -2.23. The zero-order valence-corrected chi connectivity index (χ0v) is 23.9. The number of amides is 1. The molecule has 0 unspecified atom stereocenters. The molecule has 1 N–H and O–H groups in total. The van der Waals surface area contributed by atoms with Crippen LogP contribution in [0.5, 0.6) is 17.2 Å². The Kier molecular flexibility index (Phi) is 7.13. The fourth-order valence-electron chi connectivity index (χ4n) is 5.30. The lowest BCUT2D eigenvalue weighted by atomic mass is 9.94. The number of nitrogens with zero attached hydrogens (tertiary/aromatic N) is 2. The van der Waals surface area contributed by atoms with Gasteiger partial charge in [0.05, 0.1) is 35.5 Å². The van der Waals surface area contributed by atoms with Crippen molar-refractivity contribution >= 4 is 44.1 Å². The minimum absolute atomic E-state index is 0.00413. The summed E-state index contributed by atoms with van der Waals surface area (Å²) in [6.45, 7) is 4.62. The second-order valence-corrected chi connectivity index (χ2v) is 11.2. The number of hydrogen-bond donors (Lipinski definition) is 1. The van der Waals surface area contributed by atoms with Crippen molar-refractivity contribution in [1.82, 2.24) is 4.98 Å². The van der Waals surface area contributed by atoms with E-state index in [2.05, 4.69) is 6.92 Å². The molecule has 41 heavy (non-hydrogen) atoms. The number of anilines is 1. The molecule has 210 valence electrons. The SMILES string of the molecule is CCCCOc1cccc([C@H]2/C(=C(\O)c3ccc4c(c3)C[C@H](C)O4)C(=O)C(=O)N2c2nc3ccc(OC)cc3s2)c1. The molecule has 0 aliphatic carbocycles. The quantitative estimate of drug-likeness (QED) is 0.113. The first-order chi connectivity index (χ1) is 19.9. The number of unbranched alkanes of at least 4 members (excludes halogenated alkanes) is 1. The van der Waals surface area contributed by atoms with Gasteiger partial charge < -0.3 is 19.3 Å². The Bertz CT molecular complexity index is 1690. The number of aliphatic hydroxyl groups excluding tert-OH is 1. The Labute approximate surface area is 241 Å². The molecule has 4 aromatic rings. The van der Waals surface area contributed by atoms with Crippen molar-refractivity contribution in [1.29, 1.82) is 0 Å². The van der Waals surface area contributed by atoms with Crippen molar-refractivity contribution in [2.24, 2.45) is 0 Å². The van der Waals surface area contributed by atoms with Gasteiger partial charge in [-0.25, -0.2) is 4.98 Å². The first kappa shape index (κ1) is 26.8. The summed E-state index contributed by atoms with van der Waals surface area (Å²) >= 11 is 1.29. The number of aromatic nitrogens is 1. The molecule has 8 nitrogen and oxygen atoms in total. The molecule has 9 heteroatoms. The lowest BCUT2D eigenvalue weighted by Crippen LogP contribution is -2.29. The van der Waals surface area contributed by atoms with Crippen LogP contribution in [-0.2, 0) is 16.0 Å². The van der Waals surface area contributed by atoms with Gasteiger partial charge in [0.25, 0.3) is 5.78 Å². The summed E-state index contributed by atoms with van der Waals surface area (Å²) in [7, 11) is 1.59. The molecule has 2 aliphatic rings. The molecule has 1 saturated heterocycles. The number of aliphatic hydroxyl groups is 1. The Balaban J connectivity index is 1.49. The molecule has 0 radical (unpaired) electrons. The predicted molar refractivity (Wildman–Crippen MR) is 158 cm³/mol. The largest absolute Gasteiger partial charge is 0.507 e. The summed E-state index contributed by atoms with van der Waals surface area (Å²) in [6, 6.07) is 17.2. The molecule has 1 aromatic heterocycles. The minimum Gasteiger partial charge on any atom is -0.507 e. The fourth-order valence-corrected chi connectivity index (χ4v) is 6.32. The molecule has 2 atom stereocenters. The molecule has 2 aliphatic heterocycles. The van der Waals surface area contributed by atoms with Crippen molar-refractivity contribution in [2.45, 2.75) is 45.3 Å². The summed E-state index contributed by atoms with van der Waals surface area (Å²) in [5.74, 6) is 0.285. The van der Waals surface area contributed by atoms with E-state index in [0.717, 1.165) is 28.9 Å². The van der Waals surface area contributed by atoms with Crippen molar-refractivity contribution in [3.8, 4) is 17.2 Å². The summed E-state index contributed by atoms with van der Waals surface area (Å²) in [6.07, 6.45) is 2.62. The number of thiazole rings is 1. The number of rotatable bonds is 8. The van der Waals surface area contributed by atoms with Crippen LogP contribution in [0, 0.1) is 0 Å². The van der Waals surface area contributed by atoms with Crippen molar-refractivity contribution in [3.63, 3.8) is 0 Å². The monoisotopic (exact) mass is 570 g/mol. The van der Waals surface area contributed by atoms with Gasteiger partial charge in [-0.05, 0) is 73.0 Å². The van der Waals surface area contributed by atoms with Gasteiger partial charge in [0, 0.05) is 12.0 Å². The average molecular weight is 571 g/mol. The molecule has 0 spiro atoms. The molecule has 3 aromatic carbocycles. The van der Waals surface area contributed by atoms with Gasteiger partial charge in [0.15, 0.2) is 5.13 Å². The molecule has 3 heterocycles. The first-order valence-electron chi connectivity index (χ1n) is 13.7. The van der Waals surface area contributed by atoms with Gasteiger partial charge in [-0.1, -0.05) is 36.8 Å². The number of benzene rings is 3. The summed E-state index contributed by atoms with van der Waals surface area (Å²) in [5, 5.41) is 12.0. The Hall–Kier alpha value is -4.37. The second kappa shape index (κ2) is 10.9. The molecular formula is C32H30N2O6S. The van der Waals surface area contributed by atoms with Crippen LogP contribution in [0.3, 0.4) is 0 Å². The van der Waals surface area contributed by atoms with Crippen molar-refractivity contribution in [2.75, 3.05) is 18.6 Å². The Morgan fingerprint density at radius 1 is 1.12 bits per heavy atom. The van der Waals surface area contributed by atoms with E-state index in [1.54, 1.807) is 25.3 Å². The third-order valence-corrected chi connectivity index (χ3v) is 8.36. The highest BCUT2D eigenvalue weighted by molar-refractivity contribution is 7.22. The van der Waals surface area contributed by atoms with E-state index in [1.807, 2.05) is 49.4 Å². The number of methoxy groups -OCH3 is 1. The first-order valence-corrected chi connectivity index (χ1v) is 14.5. The van der Waals surface area contributed by atoms with Gasteiger partial charge >= 0.3 is 5.91 Å². The van der Waals surface area contributed by atoms with Gasteiger partial charge in [0.2, 0.25) is 0 Å². The van der Waals surface area contributed by atoms with Crippen LogP contribution in [0.1, 0.15) is 49.4 Å². The van der Waals surface area contributed by atoms with Gasteiger partial charge in [-0.3, -0.25) is 14.5 Å². The number of ether oxygens (including phenoxy) is 3. The number of Topliss-reactive ketones (excluding diaryl/α,β-unsaturated/α-hetero) is 1. The van der Waals surface area contributed by atoms with Crippen LogP contribution in [0.2, 0.25) is 0 Å². The molecule has 1 amide bonds. The van der Waals surface area contributed by atoms with Crippen LogP contribution in [-0.4, -0.2) is 41.6 Å². The highest BCUT2D eigenvalue weighted by Crippen LogP contribution is 2.45. The highest BCUT2D eigenvalue weighted by atomic mass is 32.1. The molecular weight excluding hydrogens is 540 g/mol. The van der Waals surface area contributed by atoms with Gasteiger partial charge in [-0.2, -0.15) is 0 Å². The molecule has 0 saturated carbocycles. The standard InChI is InChI=1S/C32H30N2O6S/c1-4-5-13-39-23-8-6-7-19(16-23)28-27(29(35)20-9-12-25-21(15-20)14-18(2)40-25)30(36)31(37)34(28)32-33-24-11-10-22(38-3)17-26(24)41-32/h6-12,15-18,28,35H,4-5,13-14H2,1-3H3/b29-27+/t18-,28-/m0/s1. The van der Waals surface area contributed by atoms with Crippen LogP contribution >= 0.6 is 11.3 Å². The minimum atomic E-state index is -0.907. The van der Waals surface area contributed by atoms with Crippen LogP contribution < -0.4 is 19.1 Å². The number of hydrogen-bond acceptors (Lipinski definition) is 8.